The van der Waals surface area contributed by atoms with E-state index in [2.05, 4.69) is 10.1 Å². The first-order valence-electron chi connectivity index (χ1n) is 5.51. The SMILES string of the molecule is COc1cc(C(=O)O)nc2cc(C(C)(C)C)nn12. The molecule has 0 saturated carbocycles. The average Bonchev–Trinajstić information content (AvgIpc) is 2.70. The largest absolute Gasteiger partial charge is 0.481 e. The van der Waals surface area contributed by atoms with Crippen molar-refractivity contribution < 1.29 is 14.6 Å². The Bertz CT molecular complexity index is 611. The van der Waals surface area contributed by atoms with E-state index in [4.69, 9.17) is 9.84 Å². The molecule has 0 aliphatic carbocycles. The van der Waals surface area contributed by atoms with Crippen molar-refractivity contribution in [2.24, 2.45) is 0 Å². The molecule has 0 spiro atoms. The van der Waals surface area contributed by atoms with Crippen molar-refractivity contribution in [1.29, 1.82) is 0 Å². The third-order valence-electron chi connectivity index (χ3n) is 2.59. The van der Waals surface area contributed by atoms with Crippen molar-refractivity contribution >= 4 is 11.6 Å². The summed E-state index contributed by atoms with van der Waals surface area (Å²) < 4.78 is 6.65. The third-order valence-corrected chi connectivity index (χ3v) is 2.59. The Balaban J connectivity index is 2.71. The lowest BCUT2D eigenvalue weighted by Gasteiger charge is -2.13. The van der Waals surface area contributed by atoms with E-state index in [0.717, 1.165) is 5.69 Å². The molecule has 6 heteroatoms. The number of carbonyl (C=O) groups is 1. The maximum absolute atomic E-state index is 11.0. The second-order valence-corrected chi connectivity index (χ2v) is 5.04. The lowest BCUT2D eigenvalue weighted by molar-refractivity contribution is 0.0690. The molecule has 1 N–H and O–H groups in total. The highest BCUT2D eigenvalue weighted by Gasteiger charge is 2.20. The zero-order chi connectivity index (χ0) is 13.5. The second-order valence-electron chi connectivity index (χ2n) is 5.04. The van der Waals surface area contributed by atoms with Crippen molar-refractivity contribution in [1.82, 2.24) is 14.6 Å². The zero-order valence-electron chi connectivity index (χ0n) is 10.8. The van der Waals surface area contributed by atoms with Crippen LogP contribution in [-0.2, 0) is 5.41 Å². The average molecular weight is 249 g/mol. The number of fused-ring (bicyclic) bond motifs is 1. The molecule has 2 aromatic rings. The fourth-order valence-corrected chi connectivity index (χ4v) is 1.57. The fourth-order valence-electron chi connectivity index (χ4n) is 1.57. The highest BCUT2D eigenvalue weighted by atomic mass is 16.5. The number of aromatic nitrogens is 3. The van der Waals surface area contributed by atoms with Gasteiger partial charge in [-0.3, -0.25) is 0 Å². The molecule has 6 nitrogen and oxygen atoms in total. The molecule has 0 atom stereocenters. The first-order chi connectivity index (χ1) is 8.32. The lowest BCUT2D eigenvalue weighted by atomic mass is 9.93. The first-order valence-corrected chi connectivity index (χ1v) is 5.51. The predicted molar refractivity (Wildman–Crippen MR) is 65.2 cm³/mol. The maximum atomic E-state index is 11.0. The van der Waals surface area contributed by atoms with Crippen molar-refractivity contribution in [3.8, 4) is 5.88 Å². The summed E-state index contributed by atoms with van der Waals surface area (Å²) in [5.41, 5.74) is 1.11. The number of rotatable bonds is 2. The molecule has 0 fully saturated rings. The molecule has 96 valence electrons. The van der Waals surface area contributed by atoms with Crippen molar-refractivity contribution in [2.45, 2.75) is 26.2 Å². The molecule has 0 radical (unpaired) electrons. The van der Waals surface area contributed by atoms with Gasteiger partial charge in [-0.2, -0.15) is 9.61 Å². The van der Waals surface area contributed by atoms with Crippen LogP contribution >= 0.6 is 0 Å². The van der Waals surface area contributed by atoms with Gasteiger partial charge in [-0.05, 0) is 0 Å². The van der Waals surface area contributed by atoms with E-state index in [9.17, 15) is 4.79 Å². The Morgan fingerprint density at radius 2 is 2.06 bits per heavy atom. The number of hydrogen-bond acceptors (Lipinski definition) is 4. The molecular formula is C12H15N3O3. The lowest BCUT2D eigenvalue weighted by Crippen LogP contribution is -2.12. The zero-order valence-corrected chi connectivity index (χ0v) is 10.8. The summed E-state index contributed by atoms with van der Waals surface area (Å²) in [6.07, 6.45) is 0. The van der Waals surface area contributed by atoms with E-state index in [1.165, 1.54) is 17.7 Å². The number of carboxylic acid groups (broad SMARTS) is 1. The topological polar surface area (TPSA) is 76.7 Å². The van der Waals surface area contributed by atoms with Gasteiger partial charge in [-0.1, -0.05) is 20.8 Å². The van der Waals surface area contributed by atoms with E-state index in [1.807, 2.05) is 20.8 Å². The van der Waals surface area contributed by atoms with Gasteiger partial charge in [-0.25, -0.2) is 9.78 Å². The van der Waals surface area contributed by atoms with E-state index in [-0.39, 0.29) is 11.1 Å². The minimum absolute atomic E-state index is 0.0558. The summed E-state index contributed by atoms with van der Waals surface area (Å²) in [5, 5.41) is 13.4. The van der Waals surface area contributed by atoms with Crippen LogP contribution in [0.1, 0.15) is 37.0 Å². The van der Waals surface area contributed by atoms with Gasteiger partial charge >= 0.3 is 5.97 Å². The number of carboxylic acids is 1. The summed E-state index contributed by atoms with van der Waals surface area (Å²) in [6, 6.07) is 3.13. The minimum Gasteiger partial charge on any atom is -0.481 e. The molecule has 2 aromatic heterocycles. The highest BCUT2D eigenvalue weighted by molar-refractivity contribution is 5.86. The van der Waals surface area contributed by atoms with E-state index < -0.39 is 5.97 Å². The van der Waals surface area contributed by atoms with E-state index in [1.54, 1.807) is 6.07 Å². The standard InChI is InChI=1S/C12H15N3O3/c1-12(2,3)8-6-9-13-7(11(16)17)5-10(18-4)15(9)14-8/h5-6H,1-4H3,(H,16,17). The van der Waals surface area contributed by atoms with E-state index >= 15 is 0 Å². The van der Waals surface area contributed by atoms with Gasteiger partial charge in [-0.15, -0.1) is 0 Å². The molecule has 18 heavy (non-hydrogen) atoms. The molecule has 2 rings (SSSR count). The smallest absolute Gasteiger partial charge is 0.354 e. The Morgan fingerprint density at radius 3 is 2.56 bits per heavy atom. The van der Waals surface area contributed by atoms with Crippen LogP contribution in [0.15, 0.2) is 12.1 Å². The molecule has 0 saturated heterocycles. The monoisotopic (exact) mass is 249 g/mol. The molecule has 0 unspecified atom stereocenters. The van der Waals surface area contributed by atoms with Crippen LogP contribution in [0.25, 0.3) is 5.65 Å². The maximum Gasteiger partial charge on any atom is 0.354 e. The van der Waals surface area contributed by atoms with Crippen LogP contribution < -0.4 is 4.74 Å². The van der Waals surface area contributed by atoms with Gasteiger partial charge in [0.1, 0.15) is 0 Å². The predicted octanol–water partition coefficient (Wildman–Crippen LogP) is 1.73. The van der Waals surface area contributed by atoms with Crippen LogP contribution in [0.3, 0.4) is 0 Å². The Kier molecular flexibility index (Phi) is 2.73. The summed E-state index contributed by atoms with van der Waals surface area (Å²) in [4.78, 5) is 15.0. The molecule has 0 amide bonds. The summed E-state index contributed by atoms with van der Waals surface area (Å²) in [5.74, 6) is -0.734. The van der Waals surface area contributed by atoms with Crippen LogP contribution in [0.2, 0.25) is 0 Å². The second kappa shape index (κ2) is 3.97. The van der Waals surface area contributed by atoms with Crippen molar-refractivity contribution in [2.75, 3.05) is 7.11 Å². The van der Waals surface area contributed by atoms with Crippen LogP contribution in [-0.4, -0.2) is 32.8 Å². The number of aromatic carboxylic acids is 1. The third kappa shape index (κ3) is 2.01. The van der Waals surface area contributed by atoms with Gasteiger partial charge in [0.25, 0.3) is 0 Å². The Morgan fingerprint density at radius 1 is 1.39 bits per heavy atom. The Hall–Kier alpha value is -2.11. The van der Waals surface area contributed by atoms with Crippen LogP contribution in [0.5, 0.6) is 5.88 Å². The summed E-state index contributed by atoms with van der Waals surface area (Å²) >= 11 is 0. The van der Waals surface area contributed by atoms with Crippen LogP contribution in [0, 0.1) is 0 Å². The van der Waals surface area contributed by atoms with Gasteiger partial charge in [0, 0.05) is 17.5 Å². The van der Waals surface area contributed by atoms with Crippen molar-refractivity contribution in [3.05, 3.63) is 23.5 Å². The van der Waals surface area contributed by atoms with Gasteiger partial charge < -0.3 is 9.84 Å². The van der Waals surface area contributed by atoms with Crippen molar-refractivity contribution in [3.63, 3.8) is 0 Å². The molecule has 0 aromatic carbocycles. The van der Waals surface area contributed by atoms with Gasteiger partial charge in [0.15, 0.2) is 11.3 Å². The Labute approximate surface area is 104 Å². The van der Waals surface area contributed by atoms with E-state index in [0.29, 0.717) is 11.5 Å². The molecule has 0 aliphatic heterocycles. The molecular weight excluding hydrogens is 234 g/mol. The normalized spacial score (nSPS) is 11.8. The number of nitrogens with zero attached hydrogens (tertiary/aromatic N) is 3. The van der Waals surface area contributed by atoms with Crippen LogP contribution in [0.4, 0.5) is 0 Å². The first kappa shape index (κ1) is 12.3. The molecule has 2 heterocycles. The minimum atomic E-state index is -1.09. The molecule has 0 bridgehead atoms. The number of methoxy groups -OCH3 is 1. The summed E-state index contributed by atoms with van der Waals surface area (Å²) in [7, 11) is 1.47. The summed E-state index contributed by atoms with van der Waals surface area (Å²) in [6.45, 7) is 6.08. The van der Waals surface area contributed by atoms with Gasteiger partial charge in [0.05, 0.1) is 12.8 Å². The fraction of sp³-hybridized carbons (Fsp3) is 0.417. The quantitative estimate of drug-likeness (QED) is 0.877. The molecule has 0 aliphatic rings. The number of hydrogen-bond donors (Lipinski definition) is 1. The number of ether oxygens (including phenoxy) is 1. The highest BCUT2D eigenvalue weighted by Crippen LogP contribution is 2.24. The van der Waals surface area contributed by atoms with Gasteiger partial charge in [0.2, 0.25) is 5.88 Å².